The monoisotopic (exact) mass is 172 g/mol. The third-order valence-electron chi connectivity index (χ3n) is 1.63. The second kappa shape index (κ2) is 3.93. The van der Waals surface area contributed by atoms with Crippen LogP contribution in [0.2, 0.25) is 0 Å². The number of hydrogen-bond donors (Lipinski definition) is 1. The van der Waals surface area contributed by atoms with E-state index in [1.165, 1.54) is 6.08 Å². The normalized spacial score (nSPS) is 13.7. The Morgan fingerprint density at radius 3 is 2.54 bits per heavy atom. The summed E-state index contributed by atoms with van der Waals surface area (Å²) in [5, 5.41) is 9.49. The van der Waals surface area contributed by atoms with E-state index in [4.69, 9.17) is 0 Å². The van der Waals surface area contributed by atoms with Crippen molar-refractivity contribution in [2.24, 2.45) is 0 Å². The van der Waals surface area contributed by atoms with E-state index in [0.717, 1.165) is 5.56 Å². The van der Waals surface area contributed by atoms with Crippen LogP contribution in [-0.2, 0) is 0 Å². The van der Waals surface area contributed by atoms with E-state index in [-0.39, 0.29) is 0 Å². The van der Waals surface area contributed by atoms with Gasteiger partial charge in [0.05, 0.1) is 0 Å². The number of rotatable bonds is 1. The number of hydrogen-bond acceptors (Lipinski definition) is 1. The molecule has 0 aromatic heterocycles. The van der Waals surface area contributed by atoms with Crippen LogP contribution in [0.15, 0.2) is 43.0 Å². The SMILES string of the molecule is C=CC(C)(O)C#Cc1ccccc1. The van der Waals surface area contributed by atoms with E-state index in [1.54, 1.807) is 6.92 Å². The van der Waals surface area contributed by atoms with Crippen molar-refractivity contribution in [1.29, 1.82) is 0 Å². The highest BCUT2D eigenvalue weighted by Crippen LogP contribution is 2.02. The molecular formula is C12H12O. The molecule has 0 aliphatic heterocycles. The first-order valence-corrected chi connectivity index (χ1v) is 4.08. The fourth-order valence-electron chi connectivity index (χ4n) is 0.771. The molecule has 0 aliphatic rings. The van der Waals surface area contributed by atoms with E-state index < -0.39 is 5.60 Å². The molecule has 0 spiro atoms. The highest BCUT2D eigenvalue weighted by Gasteiger charge is 2.08. The predicted octanol–water partition coefficient (Wildman–Crippen LogP) is 1.98. The van der Waals surface area contributed by atoms with Crippen LogP contribution in [0.1, 0.15) is 12.5 Å². The Labute approximate surface area is 78.7 Å². The van der Waals surface area contributed by atoms with Crippen molar-refractivity contribution in [3.8, 4) is 11.8 Å². The standard InChI is InChI=1S/C12H12O/c1-3-12(2,13)10-9-11-7-5-4-6-8-11/h3-8,13H,1H2,2H3. The molecule has 1 nitrogen and oxygen atoms in total. The van der Waals surface area contributed by atoms with Gasteiger partial charge in [0.1, 0.15) is 5.60 Å². The lowest BCUT2D eigenvalue weighted by atomic mass is 10.1. The Morgan fingerprint density at radius 1 is 1.38 bits per heavy atom. The third kappa shape index (κ3) is 3.14. The summed E-state index contributed by atoms with van der Waals surface area (Å²) in [6, 6.07) is 9.54. The van der Waals surface area contributed by atoms with Crippen molar-refractivity contribution in [1.82, 2.24) is 0 Å². The van der Waals surface area contributed by atoms with Gasteiger partial charge in [-0.3, -0.25) is 0 Å². The molecular weight excluding hydrogens is 160 g/mol. The third-order valence-corrected chi connectivity index (χ3v) is 1.63. The van der Waals surface area contributed by atoms with Crippen LogP contribution in [0.4, 0.5) is 0 Å². The lowest BCUT2D eigenvalue weighted by molar-refractivity contribution is 0.175. The van der Waals surface area contributed by atoms with Crippen LogP contribution in [0.25, 0.3) is 0 Å². The van der Waals surface area contributed by atoms with E-state index in [2.05, 4.69) is 18.4 Å². The predicted molar refractivity (Wildman–Crippen MR) is 54.1 cm³/mol. The van der Waals surface area contributed by atoms with E-state index in [0.29, 0.717) is 0 Å². The van der Waals surface area contributed by atoms with Crippen LogP contribution in [0.5, 0.6) is 0 Å². The van der Waals surface area contributed by atoms with Crippen LogP contribution < -0.4 is 0 Å². The molecule has 1 aromatic carbocycles. The van der Waals surface area contributed by atoms with E-state index in [1.807, 2.05) is 30.3 Å². The van der Waals surface area contributed by atoms with Gasteiger partial charge < -0.3 is 5.11 Å². The maximum atomic E-state index is 9.49. The number of aliphatic hydroxyl groups is 1. The Balaban J connectivity index is 2.85. The van der Waals surface area contributed by atoms with Crippen LogP contribution in [-0.4, -0.2) is 10.7 Å². The average molecular weight is 172 g/mol. The minimum absolute atomic E-state index is 0.893. The zero-order valence-corrected chi connectivity index (χ0v) is 7.62. The van der Waals surface area contributed by atoms with Crippen molar-refractivity contribution in [3.63, 3.8) is 0 Å². The molecule has 1 N–H and O–H groups in total. The summed E-state index contributed by atoms with van der Waals surface area (Å²) in [7, 11) is 0. The van der Waals surface area contributed by atoms with E-state index >= 15 is 0 Å². The molecule has 0 heterocycles. The number of benzene rings is 1. The summed E-state index contributed by atoms with van der Waals surface area (Å²) in [6.45, 7) is 5.10. The zero-order valence-electron chi connectivity index (χ0n) is 7.62. The molecule has 13 heavy (non-hydrogen) atoms. The van der Waals surface area contributed by atoms with Gasteiger partial charge in [0.25, 0.3) is 0 Å². The van der Waals surface area contributed by atoms with Crippen molar-refractivity contribution in [2.75, 3.05) is 0 Å². The van der Waals surface area contributed by atoms with Crippen molar-refractivity contribution < 1.29 is 5.11 Å². The lowest BCUT2D eigenvalue weighted by Gasteiger charge is -2.07. The first-order valence-electron chi connectivity index (χ1n) is 4.08. The Bertz CT molecular complexity index is 338. The van der Waals surface area contributed by atoms with Gasteiger partial charge in [0, 0.05) is 5.56 Å². The summed E-state index contributed by atoms with van der Waals surface area (Å²) >= 11 is 0. The first kappa shape index (κ1) is 9.57. The average Bonchev–Trinajstić information content (AvgIpc) is 2.17. The molecule has 0 saturated carbocycles. The Kier molecular flexibility index (Phi) is 2.89. The van der Waals surface area contributed by atoms with Crippen molar-refractivity contribution >= 4 is 0 Å². The molecule has 0 fully saturated rings. The fraction of sp³-hybridized carbons (Fsp3) is 0.167. The minimum Gasteiger partial charge on any atom is -0.374 e. The highest BCUT2D eigenvalue weighted by atomic mass is 16.3. The minimum atomic E-state index is -1.10. The summed E-state index contributed by atoms with van der Waals surface area (Å²) in [5.74, 6) is 5.58. The largest absolute Gasteiger partial charge is 0.374 e. The van der Waals surface area contributed by atoms with Crippen LogP contribution >= 0.6 is 0 Å². The summed E-state index contributed by atoms with van der Waals surface area (Å²) < 4.78 is 0. The Morgan fingerprint density at radius 2 is 2.00 bits per heavy atom. The molecule has 0 aliphatic carbocycles. The molecule has 1 heteroatoms. The van der Waals surface area contributed by atoms with Gasteiger partial charge in [-0.15, -0.1) is 0 Å². The van der Waals surface area contributed by atoms with Crippen molar-refractivity contribution in [3.05, 3.63) is 48.6 Å². The zero-order chi connectivity index (χ0) is 9.73. The van der Waals surface area contributed by atoms with Gasteiger partial charge in [0.15, 0.2) is 0 Å². The van der Waals surface area contributed by atoms with Crippen LogP contribution in [0.3, 0.4) is 0 Å². The topological polar surface area (TPSA) is 20.2 Å². The van der Waals surface area contributed by atoms with Gasteiger partial charge in [-0.25, -0.2) is 0 Å². The maximum absolute atomic E-state index is 9.49. The van der Waals surface area contributed by atoms with Crippen molar-refractivity contribution in [2.45, 2.75) is 12.5 Å². The highest BCUT2D eigenvalue weighted by molar-refractivity contribution is 5.36. The maximum Gasteiger partial charge on any atom is 0.141 e. The van der Waals surface area contributed by atoms with Gasteiger partial charge in [-0.2, -0.15) is 0 Å². The van der Waals surface area contributed by atoms with Gasteiger partial charge in [0.2, 0.25) is 0 Å². The molecule has 66 valence electrons. The van der Waals surface area contributed by atoms with Gasteiger partial charge in [-0.1, -0.05) is 36.6 Å². The van der Waals surface area contributed by atoms with E-state index in [9.17, 15) is 5.11 Å². The lowest BCUT2D eigenvalue weighted by Crippen LogP contribution is -2.16. The van der Waals surface area contributed by atoms with Crippen LogP contribution in [0, 0.1) is 11.8 Å². The molecule has 0 bridgehead atoms. The first-order chi connectivity index (χ1) is 6.14. The summed E-state index contributed by atoms with van der Waals surface area (Å²) in [4.78, 5) is 0. The molecule has 1 unspecified atom stereocenters. The quantitative estimate of drug-likeness (QED) is 0.507. The molecule has 1 aromatic rings. The molecule has 1 rings (SSSR count). The molecule has 0 amide bonds. The Hall–Kier alpha value is -1.52. The second-order valence-electron chi connectivity index (χ2n) is 2.97. The molecule has 0 radical (unpaired) electrons. The summed E-state index contributed by atoms with van der Waals surface area (Å²) in [6.07, 6.45) is 1.42. The van der Waals surface area contributed by atoms with Gasteiger partial charge >= 0.3 is 0 Å². The molecule has 1 atom stereocenters. The second-order valence-corrected chi connectivity index (χ2v) is 2.97. The molecule has 0 saturated heterocycles. The smallest absolute Gasteiger partial charge is 0.141 e. The van der Waals surface area contributed by atoms with Gasteiger partial charge in [-0.05, 0) is 25.1 Å². The fourth-order valence-corrected chi connectivity index (χ4v) is 0.771. The summed E-state index contributed by atoms with van der Waals surface area (Å²) in [5.41, 5.74) is -0.208.